The predicted octanol–water partition coefficient (Wildman–Crippen LogP) is 2.90. The molecule has 1 amide bonds. The van der Waals surface area contributed by atoms with Gasteiger partial charge in [-0.25, -0.2) is 8.78 Å². The summed E-state index contributed by atoms with van der Waals surface area (Å²) in [5.74, 6) is -1.26. The number of nitrogens with zero attached hydrogens (tertiary/aromatic N) is 1. The van der Waals surface area contributed by atoms with Crippen LogP contribution < -0.4 is 11.1 Å². The van der Waals surface area contributed by atoms with Gasteiger partial charge in [0.2, 0.25) is 5.91 Å². The molecule has 1 aromatic rings. The minimum Gasteiger partial charge on any atom is -0.353 e. The van der Waals surface area contributed by atoms with Crippen LogP contribution in [0.2, 0.25) is 0 Å². The summed E-state index contributed by atoms with van der Waals surface area (Å²) in [5.41, 5.74) is 5.75. The Morgan fingerprint density at radius 2 is 1.71 bits per heavy atom. The van der Waals surface area contributed by atoms with Crippen LogP contribution in [0.3, 0.4) is 0 Å². The maximum atomic E-state index is 13.9. The number of amides is 1. The first-order valence-corrected chi connectivity index (χ1v) is 7.37. The van der Waals surface area contributed by atoms with Gasteiger partial charge in [0.1, 0.15) is 11.6 Å². The molecule has 0 radical (unpaired) electrons. The minimum absolute atomic E-state index is 0. The maximum Gasteiger partial charge on any atom is 0.236 e. The zero-order valence-electron chi connectivity index (χ0n) is 14.4. The van der Waals surface area contributed by atoms with Crippen LogP contribution in [0, 0.1) is 17.6 Å². The Morgan fingerprint density at radius 3 is 2.12 bits per heavy atom. The van der Waals surface area contributed by atoms with Crippen molar-refractivity contribution < 1.29 is 13.6 Å². The molecule has 3 N–H and O–H groups in total. The van der Waals surface area contributed by atoms with E-state index in [1.165, 1.54) is 18.2 Å². The molecule has 0 spiro atoms. The van der Waals surface area contributed by atoms with E-state index in [0.29, 0.717) is 12.3 Å². The molecule has 4 nitrogen and oxygen atoms in total. The van der Waals surface area contributed by atoms with Crippen molar-refractivity contribution in [3.05, 3.63) is 35.4 Å². The summed E-state index contributed by atoms with van der Waals surface area (Å²) < 4.78 is 27.8. The molecule has 0 fully saturated rings. The highest BCUT2D eigenvalue weighted by Gasteiger charge is 2.24. The molecule has 1 aromatic carbocycles. The van der Waals surface area contributed by atoms with Gasteiger partial charge in [-0.05, 0) is 38.6 Å². The second-order valence-corrected chi connectivity index (χ2v) is 6.10. The van der Waals surface area contributed by atoms with Crippen molar-refractivity contribution >= 4 is 30.7 Å². The number of hydrogen-bond acceptors (Lipinski definition) is 3. The quantitative estimate of drug-likeness (QED) is 0.758. The molecule has 1 unspecified atom stereocenters. The van der Waals surface area contributed by atoms with Gasteiger partial charge in [-0.1, -0.05) is 19.9 Å². The summed E-state index contributed by atoms with van der Waals surface area (Å²) >= 11 is 0. The van der Waals surface area contributed by atoms with E-state index in [2.05, 4.69) is 5.32 Å². The van der Waals surface area contributed by atoms with Crippen LogP contribution in [0.15, 0.2) is 18.2 Å². The molecule has 8 heteroatoms. The molecular weight excluding hydrogens is 359 g/mol. The molecule has 2 atom stereocenters. The first-order chi connectivity index (χ1) is 10.2. The van der Waals surface area contributed by atoms with Crippen LogP contribution in [0.4, 0.5) is 8.78 Å². The normalized spacial score (nSPS) is 13.0. The third-order valence-electron chi connectivity index (χ3n) is 3.49. The third-order valence-corrected chi connectivity index (χ3v) is 3.49. The lowest BCUT2D eigenvalue weighted by Crippen LogP contribution is -2.44. The zero-order chi connectivity index (χ0) is 16.9. The number of nitrogens with one attached hydrogen (secondary N) is 1. The van der Waals surface area contributed by atoms with E-state index in [9.17, 15) is 13.6 Å². The van der Waals surface area contributed by atoms with Crippen molar-refractivity contribution in [3.63, 3.8) is 0 Å². The number of carbonyl (C=O) groups is 1. The van der Waals surface area contributed by atoms with E-state index in [0.717, 1.165) is 0 Å². The first kappa shape index (κ1) is 25.3. The van der Waals surface area contributed by atoms with E-state index in [1.54, 1.807) is 19.0 Å². The third kappa shape index (κ3) is 7.30. The molecular formula is C16H27Cl2F2N3O. The van der Waals surface area contributed by atoms with Crippen molar-refractivity contribution in [1.29, 1.82) is 0 Å². The van der Waals surface area contributed by atoms with Gasteiger partial charge in [0.25, 0.3) is 0 Å². The highest BCUT2D eigenvalue weighted by molar-refractivity contribution is 5.85. The minimum atomic E-state index is -0.626. The average Bonchev–Trinajstić information content (AvgIpc) is 2.40. The molecule has 0 aliphatic carbocycles. The Morgan fingerprint density at radius 1 is 1.21 bits per heavy atom. The van der Waals surface area contributed by atoms with Crippen molar-refractivity contribution in [2.24, 2.45) is 11.7 Å². The van der Waals surface area contributed by atoms with Crippen molar-refractivity contribution in [2.75, 3.05) is 20.6 Å². The highest BCUT2D eigenvalue weighted by Crippen LogP contribution is 2.23. The maximum absolute atomic E-state index is 13.9. The number of hydrogen-bond donors (Lipinski definition) is 2. The lowest BCUT2D eigenvalue weighted by atomic mass is 10.0. The summed E-state index contributed by atoms with van der Waals surface area (Å²) in [6, 6.07) is 2.52. The van der Waals surface area contributed by atoms with Crippen LogP contribution in [0.5, 0.6) is 0 Å². The first-order valence-electron chi connectivity index (χ1n) is 7.37. The molecule has 0 saturated carbocycles. The van der Waals surface area contributed by atoms with Gasteiger partial charge >= 0.3 is 0 Å². The molecule has 0 bridgehead atoms. The van der Waals surface area contributed by atoms with Crippen LogP contribution >= 0.6 is 24.8 Å². The average molecular weight is 386 g/mol. The Hall–Kier alpha value is -0.950. The van der Waals surface area contributed by atoms with Gasteiger partial charge in [0.05, 0.1) is 12.1 Å². The predicted molar refractivity (Wildman–Crippen MR) is 97.7 cm³/mol. The number of rotatable bonds is 7. The number of carbonyl (C=O) groups excluding carboxylic acids is 1. The highest BCUT2D eigenvalue weighted by atomic mass is 35.5. The van der Waals surface area contributed by atoms with Crippen LogP contribution in [0.25, 0.3) is 0 Å². The number of likely N-dealkylation sites (N-methyl/N-ethyl adjacent to an activating group) is 1. The summed E-state index contributed by atoms with van der Waals surface area (Å²) in [7, 11) is 3.41. The van der Waals surface area contributed by atoms with E-state index in [1.807, 2.05) is 13.8 Å². The van der Waals surface area contributed by atoms with Crippen molar-refractivity contribution in [1.82, 2.24) is 10.2 Å². The second kappa shape index (κ2) is 11.6. The van der Waals surface area contributed by atoms with Crippen LogP contribution in [-0.4, -0.2) is 37.5 Å². The Labute approximate surface area is 155 Å². The Balaban J connectivity index is 0. The van der Waals surface area contributed by atoms with Gasteiger partial charge in [0.15, 0.2) is 0 Å². The van der Waals surface area contributed by atoms with Crippen molar-refractivity contribution in [3.8, 4) is 0 Å². The van der Waals surface area contributed by atoms with Crippen LogP contribution in [0.1, 0.15) is 31.9 Å². The lowest BCUT2D eigenvalue weighted by Gasteiger charge is -2.26. The molecule has 0 aromatic heterocycles. The van der Waals surface area contributed by atoms with Gasteiger partial charge in [-0.2, -0.15) is 0 Å². The number of halogens is 4. The largest absolute Gasteiger partial charge is 0.353 e. The molecule has 1 rings (SSSR count). The number of benzene rings is 1. The summed E-state index contributed by atoms with van der Waals surface area (Å²) in [6.07, 6.45) is 0.562. The van der Waals surface area contributed by atoms with Gasteiger partial charge < -0.3 is 16.0 Å². The van der Waals surface area contributed by atoms with E-state index < -0.39 is 23.7 Å². The molecule has 140 valence electrons. The molecule has 0 aliphatic heterocycles. The summed E-state index contributed by atoms with van der Waals surface area (Å²) in [5, 5.41) is 2.68. The topological polar surface area (TPSA) is 58.4 Å². The fraction of sp³-hybridized carbons (Fsp3) is 0.562. The van der Waals surface area contributed by atoms with Crippen LogP contribution in [-0.2, 0) is 4.79 Å². The smallest absolute Gasteiger partial charge is 0.236 e. The molecule has 24 heavy (non-hydrogen) atoms. The second-order valence-electron chi connectivity index (χ2n) is 6.10. The Bertz CT molecular complexity index is 496. The molecule has 0 heterocycles. The van der Waals surface area contributed by atoms with Gasteiger partial charge in [-0.15, -0.1) is 24.8 Å². The van der Waals surface area contributed by atoms with E-state index in [-0.39, 0.29) is 42.8 Å². The van der Waals surface area contributed by atoms with Crippen molar-refractivity contribution in [2.45, 2.75) is 32.4 Å². The molecule has 0 saturated heterocycles. The monoisotopic (exact) mass is 385 g/mol. The summed E-state index contributed by atoms with van der Waals surface area (Å²) in [4.78, 5) is 13.6. The van der Waals surface area contributed by atoms with E-state index in [4.69, 9.17) is 5.73 Å². The van der Waals surface area contributed by atoms with Gasteiger partial charge in [0, 0.05) is 12.1 Å². The number of nitrogens with two attached hydrogens (primary N) is 1. The Kier molecular flexibility index (Phi) is 12.2. The molecule has 0 aliphatic rings. The SMILES string of the molecule is CC(C)C[C@H](N)C(=O)NCC(c1c(F)cccc1F)N(C)C.Cl.Cl. The standard InChI is InChI=1S/C16H25F2N3O.2ClH/c1-10(2)8-13(19)16(22)20-9-14(21(3)4)15-11(17)6-5-7-12(15)18;;/h5-7,10,13-14H,8-9,19H2,1-4H3,(H,20,22);2*1H/t13-,14?;;/m0../s1. The zero-order valence-corrected chi connectivity index (χ0v) is 16.0. The lowest BCUT2D eigenvalue weighted by molar-refractivity contribution is -0.122. The fourth-order valence-corrected chi connectivity index (χ4v) is 2.32. The van der Waals surface area contributed by atoms with E-state index >= 15 is 0 Å². The summed E-state index contributed by atoms with van der Waals surface area (Å²) in [6.45, 7) is 4.05. The van der Waals surface area contributed by atoms with Gasteiger partial charge in [-0.3, -0.25) is 4.79 Å². The fourth-order valence-electron chi connectivity index (χ4n) is 2.32.